The number of nitrogens with zero attached hydrogens (tertiary/aromatic N) is 2. The molecule has 0 bridgehead atoms. The molecule has 23 heavy (non-hydrogen) atoms. The van der Waals surface area contributed by atoms with Gasteiger partial charge >= 0.3 is 0 Å². The Morgan fingerprint density at radius 3 is 2.61 bits per heavy atom. The lowest BCUT2D eigenvalue weighted by atomic mass is 10.1. The summed E-state index contributed by atoms with van der Waals surface area (Å²) in [4.78, 5) is 16.6. The summed E-state index contributed by atoms with van der Waals surface area (Å²) in [5.41, 5.74) is 2.33. The van der Waals surface area contributed by atoms with E-state index in [9.17, 15) is 13.2 Å². The number of amides is 1. The fourth-order valence-electron chi connectivity index (χ4n) is 2.45. The summed E-state index contributed by atoms with van der Waals surface area (Å²) in [6.07, 6.45) is 3.12. The zero-order valence-corrected chi connectivity index (χ0v) is 13.7. The van der Waals surface area contributed by atoms with E-state index in [1.807, 2.05) is 38.2 Å². The van der Waals surface area contributed by atoms with Crippen molar-refractivity contribution in [1.82, 2.24) is 14.9 Å². The molecule has 0 saturated heterocycles. The molecule has 0 aliphatic carbocycles. The molecule has 1 aromatic carbocycles. The minimum Gasteiger partial charge on any atom is -0.343 e. The highest BCUT2D eigenvalue weighted by molar-refractivity contribution is 7.94. The van der Waals surface area contributed by atoms with Crippen molar-refractivity contribution < 1.29 is 13.2 Å². The maximum Gasteiger partial charge on any atom is 0.271 e. The smallest absolute Gasteiger partial charge is 0.271 e. The minimum atomic E-state index is -3.19. The first-order valence-corrected chi connectivity index (χ1v) is 8.88. The molecule has 2 aromatic rings. The largest absolute Gasteiger partial charge is 0.343 e. The zero-order chi connectivity index (χ0) is 16.6. The molecule has 1 N–H and O–H groups in total. The molecule has 1 aromatic heterocycles. The Morgan fingerprint density at radius 2 is 2.00 bits per heavy atom. The second-order valence-electron chi connectivity index (χ2n) is 5.66. The molecule has 7 heteroatoms. The van der Waals surface area contributed by atoms with Crippen molar-refractivity contribution in [3.8, 4) is 11.4 Å². The molecule has 6 nitrogen and oxygen atoms in total. The number of carbonyl (C=O) groups excluding carboxylic acids is 1. The number of sulfone groups is 1. The highest BCUT2D eigenvalue weighted by Gasteiger charge is 2.24. The average molecular weight is 331 g/mol. The van der Waals surface area contributed by atoms with E-state index in [1.165, 1.54) is 6.08 Å². The molecule has 0 unspecified atom stereocenters. The van der Waals surface area contributed by atoms with Crippen LogP contribution in [0.15, 0.2) is 41.9 Å². The van der Waals surface area contributed by atoms with Gasteiger partial charge in [-0.25, -0.2) is 13.4 Å². The number of benzene rings is 1. The van der Waals surface area contributed by atoms with E-state index in [0.717, 1.165) is 16.5 Å². The summed E-state index contributed by atoms with van der Waals surface area (Å²) >= 11 is 0. The molecule has 0 radical (unpaired) electrons. The Hall–Kier alpha value is -2.41. The van der Waals surface area contributed by atoms with Gasteiger partial charge in [-0.05, 0) is 13.0 Å². The van der Waals surface area contributed by atoms with E-state index in [-0.39, 0.29) is 17.4 Å². The molecule has 3 rings (SSSR count). The third-order valence-corrected chi connectivity index (χ3v) is 5.06. The maximum atomic E-state index is 12.2. The van der Waals surface area contributed by atoms with Gasteiger partial charge in [-0.2, -0.15) is 0 Å². The topological polar surface area (TPSA) is 81.1 Å². The number of hydrogen-bond acceptors (Lipinski definition) is 4. The quantitative estimate of drug-likeness (QED) is 0.923. The second kappa shape index (κ2) is 5.66. The van der Waals surface area contributed by atoms with Crippen molar-refractivity contribution in [2.24, 2.45) is 7.05 Å². The molecule has 0 fully saturated rings. The Morgan fingerprint density at radius 1 is 1.30 bits per heavy atom. The number of aryl methyl sites for hydroxylation is 2. The van der Waals surface area contributed by atoms with Gasteiger partial charge in [0.15, 0.2) is 9.84 Å². The van der Waals surface area contributed by atoms with E-state index in [1.54, 1.807) is 10.8 Å². The van der Waals surface area contributed by atoms with E-state index < -0.39 is 15.9 Å². The van der Waals surface area contributed by atoms with Gasteiger partial charge in [-0.15, -0.1) is 0 Å². The van der Waals surface area contributed by atoms with Crippen LogP contribution in [0.3, 0.4) is 0 Å². The van der Waals surface area contributed by atoms with Gasteiger partial charge in [0.1, 0.15) is 11.5 Å². The van der Waals surface area contributed by atoms with E-state index >= 15 is 0 Å². The van der Waals surface area contributed by atoms with Crippen molar-refractivity contribution in [1.29, 1.82) is 0 Å². The summed E-state index contributed by atoms with van der Waals surface area (Å²) in [5.74, 6) is 0.201. The number of aromatic nitrogens is 2. The van der Waals surface area contributed by atoms with E-state index in [2.05, 4.69) is 10.3 Å². The highest BCUT2D eigenvalue weighted by atomic mass is 32.2. The number of rotatable bonds is 3. The predicted octanol–water partition coefficient (Wildman–Crippen LogP) is 1.44. The molecular formula is C16H17N3O3S. The molecule has 1 amide bonds. The van der Waals surface area contributed by atoms with Gasteiger partial charge < -0.3 is 9.88 Å². The summed E-state index contributed by atoms with van der Waals surface area (Å²) in [5, 5.41) is 3.80. The van der Waals surface area contributed by atoms with E-state index in [0.29, 0.717) is 5.82 Å². The van der Waals surface area contributed by atoms with Crippen molar-refractivity contribution >= 4 is 15.7 Å². The van der Waals surface area contributed by atoms with Crippen molar-refractivity contribution in [2.75, 3.05) is 5.75 Å². The molecule has 120 valence electrons. The molecule has 1 aliphatic rings. The van der Waals surface area contributed by atoms with Crippen molar-refractivity contribution in [3.05, 3.63) is 53.2 Å². The Labute approximate surface area is 134 Å². The van der Waals surface area contributed by atoms with Crippen LogP contribution in [-0.4, -0.2) is 35.7 Å². The highest BCUT2D eigenvalue weighted by Crippen LogP contribution is 2.19. The number of hydrogen-bond donors (Lipinski definition) is 1. The van der Waals surface area contributed by atoms with Gasteiger partial charge in [0.25, 0.3) is 5.91 Å². The number of carbonyl (C=O) groups is 1. The summed E-state index contributed by atoms with van der Waals surface area (Å²) in [6.45, 7) is 2.00. The van der Waals surface area contributed by atoms with Crippen LogP contribution in [-0.2, 0) is 16.9 Å². The lowest BCUT2D eigenvalue weighted by Gasteiger charge is -2.07. The average Bonchev–Trinajstić information content (AvgIpc) is 3.03. The van der Waals surface area contributed by atoms with Gasteiger partial charge in [0.05, 0.1) is 11.8 Å². The van der Waals surface area contributed by atoms with Gasteiger partial charge in [0.2, 0.25) is 0 Å². The van der Waals surface area contributed by atoms with E-state index in [4.69, 9.17) is 0 Å². The predicted molar refractivity (Wildman–Crippen MR) is 87.6 cm³/mol. The van der Waals surface area contributed by atoms with Crippen LogP contribution in [0, 0.1) is 6.92 Å². The van der Waals surface area contributed by atoms with Gasteiger partial charge in [-0.1, -0.05) is 29.8 Å². The SMILES string of the molecule is Cc1ccc(-c2nc(C(=O)N[C@@H]3C=CS(=O)(=O)C3)cn2C)cc1. The number of nitrogens with one attached hydrogen (secondary N) is 1. The molecule has 2 heterocycles. The van der Waals surface area contributed by atoms with Crippen LogP contribution in [0.25, 0.3) is 11.4 Å². The maximum absolute atomic E-state index is 12.2. The third-order valence-electron chi connectivity index (χ3n) is 3.67. The van der Waals surface area contributed by atoms with Crippen LogP contribution in [0.4, 0.5) is 0 Å². The van der Waals surface area contributed by atoms with Gasteiger partial charge in [0, 0.05) is 24.2 Å². The molecular weight excluding hydrogens is 314 g/mol. The normalized spacial score (nSPS) is 19.0. The van der Waals surface area contributed by atoms with Crippen LogP contribution in [0.1, 0.15) is 16.1 Å². The lowest BCUT2D eigenvalue weighted by molar-refractivity contribution is 0.0943. The Bertz CT molecular complexity index is 880. The molecule has 1 atom stereocenters. The van der Waals surface area contributed by atoms with Gasteiger partial charge in [-0.3, -0.25) is 4.79 Å². The summed E-state index contributed by atoms with van der Waals surface area (Å²) < 4.78 is 24.5. The summed E-state index contributed by atoms with van der Waals surface area (Å²) in [7, 11) is -1.38. The Kier molecular flexibility index (Phi) is 3.81. The summed E-state index contributed by atoms with van der Waals surface area (Å²) in [6, 6.07) is 7.37. The fraction of sp³-hybridized carbons (Fsp3) is 0.250. The monoisotopic (exact) mass is 331 g/mol. The van der Waals surface area contributed by atoms with Crippen LogP contribution < -0.4 is 5.32 Å². The molecule has 0 saturated carbocycles. The first-order valence-electron chi connectivity index (χ1n) is 7.16. The van der Waals surface area contributed by atoms with Crippen molar-refractivity contribution in [3.63, 3.8) is 0 Å². The standard InChI is InChI=1S/C16H17N3O3S/c1-11-3-5-12(6-4-11)15-18-14(9-19(15)2)16(20)17-13-7-8-23(21,22)10-13/h3-9,13H,10H2,1-2H3,(H,17,20)/t13-/m1/s1. The first kappa shape index (κ1) is 15.5. The molecule has 0 spiro atoms. The number of imidazole rings is 1. The zero-order valence-electron chi connectivity index (χ0n) is 12.9. The Balaban J connectivity index is 1.79. The fourth-order valence-corrected chi connectivity index (χ4v) is 3.69. The molecule has 1 aliphatic heterocycles. The lowest BCUT2D eigenvalue weighted by Crippen LogP contribution is -2.35. The first-order chi connectivity index (χ1) is 10.8. The van der Waals surface area contributed by atoms with Crippen LogP contribution in [0.2, 0.25) is 0 Å². The van der Waals surface area contributed by atoms with Crippen molar-refractivity contribution in [2.45, 2.75) is 13.0 Å². The third kappa shape index (κ3) is 3.34. The minimum absolute atomic E-state index is 0.101. The van der Waals surface area contributed by atoms with Crippen LogP contribution in [0.5, 0.6) is 0 Å². The second-order valence-corrected chi connectivity index (χ2v) is 7.60. The van der Waals surface area contributed by atoms with Crippen LogP contribution >= 0.6 is 0 Å².